The van der Waals surface area contributed by atoms with Crippen LogP contribution in [0.25, 0.3) is 0 Å². The van der Waals surface area contributed by atoms with Crippen molar-refractivity contribution < 1.29 is 9.53 Å². The molecule has 0 aromatic carbocycles. The number of carbonyl (C=O) groups is 1. The molecule has 1 atom stereocenters. The van der Waals surface area contributed by atoms with Crippen molar-refractivity contribution >= 4 is 5.97 Å². The molecule has 1 unspecified atom stereocenters. The standard InChI is InChI=1S/C15H30O2/c1-4-7-9-10-11-12-14(6-3)17-15(16)13-8-5-2/h14H,4-13H2,1-3H3. The third-order valence-corrected chi connectivity index (χ3v) is 3.12. The van der Waals surface area contributed by atoms with Gasteiger partial charge in [0.1, 0.15) is 6.10 Å². The maximum atomic E-state index is 11.5. The lowest BCUT2D eigenvalue weighted by atomic mass is 10.1. The van der Waals surface area contributed by atoms with Crippen LogP contribution in [0, 0.1) is 0 Å². The summed E-state index contributed by atoms with van der Waals surface area (Å²) in [6.45, 7) is 6.42. The Balaban J connectivity index is 3.57. The Labute approximate surface area is 107 Å². The van der Waals surface area contributed by atoms with Crippen molar-refractivity contribution in [2.75, 3.05) is 0 Å². The monoisotopic (exact) mass is 242 g/mol. The van der Waals surface area contributed by atoms with E-state index in [1.807, 2.05) is 0 Å². The maximum Gasteiger partial charge on any atom is 0.306 e. The van der Waals surface area contributed by atoms with Crippen molar-refractivity contribution in [1.82, 2.24) is 0 Å². The van der Waals surface area contributed by atoms with Gasteiger partial charge >= 0.3 is 5.97 Å². The van der Waals surface area contributed by atoms with Crippen LogP contribution in [-0.4, -0.2) is 12.1 Å². The van der Waals surface area contributed by atoms with E-state index < -0.39 is 0 Å². The van der Waals surface area contributed by atoms with Gasteiger partial charge in [0, 0.05) is 6.42 Å². The lowest BCUT2D eigenvalue weighted by Crippen LogP contribution is -2.17. The van der Waals surface area contributed by atoms with E-state index in [1.165, 1.54) is 32.1 Å². The zero-order valence-corrected chi connectivity index (χ0v) is 12.0. The average Bonchev–Trinajstić information content (AvgIpc) is 2.34. The molecule has 0 saturated heterocycles. The molecule has 0 aromatic heterocycles. The molecule has 0 rings (SSSR count). The van der Waals surface area contributed by atoms with Gasteiger partial charge in [0.25, 0.3) is 0 Å². The molecule has 0 aliphatic rings. The van der Waals surface area contributed by atoms with Crippen LogP contribution < -0.4 is 0 Å². The van der Waals surface area contributed by atoms with Crippen molar-refractivity contribution in [3.05, 3.63) is 0 Å². The Bertz CT molecular complexity index is 178. The first-order valence-electron chi connectivity index (χ1n) is 7.44. The summed E-state index contributed by atoms with van der Waals surface area (Å²) in [5, 5.41) is 0. The van der Waals surface area contributed by atoms with Crippen molar-refractivity contribution in [1.29, 1.82) is 0 Å². The van der Waals surface area contributed by atoms with Crippen molar-refractivity contribution in [2.24, 2.45) is 0 Å². The number of hydrogen-bond acceptors (Lipinski definition) is 2. The molecule has 2 heteroatoms. The number of carbonyl (C=O) groups excluding carboxylic acids is 1. The van der Waals surface area contributed by atoms with Gasteiger partial charge in [-0.15, -0.1) is 0 Å². The second kappa shape index (κ2) is 11.9. The highest BCUT2D eigenvalue weighted by Gasteiger charge is 2.11. The van der Waals surface area contributed by atoms with Gasteiger partial charge in [-0.1, -0.05) is 52.9 Å². The Kier molecular flexibility index (Phi) is 11.6. The third-order valence-electron chi connectivity index (χ3n) is 3.12. The molecule has 0 spiro atoms. The lowest BCUT2D eigenvalue weighted by molar-refractivity contribution is -0.149. The molecule has 0 saturated carbocycles. The van der Waals surface area contributed by atoms with Gasteiger partial charge < -0.3 is 4.74 Å². The minimum atomic E-state index is -0.00717. The average molecular weight is 242 g/mol. The zero-order chi connectivity index (χ0) is 12.9. The number of rotatable bonds is 11. The number of unbranched alkanes of at least 4 members (excludes halogenated alkanes) is 5. The normalized spacial score (nSPS) is 12.4. The smallest absolute Gasteiger partial charge is 0.306 e. The van der Waals surface area contributed by atoms with Gasteiger partial charge in [0.15, 0.2) is 0 Å². The van der Waals surface area contributed by atoms with Crippen LogP contribution in [0.5, 0.6) is 0 Å². The summed E-state index contributed by atoms with van der Waals surface area (Å²) in [7, 11) is 0. The van der Waals surface area contributed by atoms with Crippen molar-refractivity contribution in [3.63, 3.8) is 0 Å². The largest absolute Gasteiger partial charge is 0.462 e. The van der Waals surface area contributed by atoms with Crippen LogP contribution in [0.15, 0.2) is 0 Å². The van der Waals surface area contributed by atoms with Crippen LogP contribution in [0.3, 0.4) is 0 Å². The minimum Gasteiger partial charge on any atom is -0.462 e. The molecular formula is C15H30O2. The summed E-state index contributed by atoms with van der Waals surface area (Å²) in [6, 6.07) is 0. The molecule has 0 N–H and O–H groups in total. The van der Waals surface area contributed by atoms with E-state index in [4.69, 9.17) is 4.74 Å². The lowest BCUT2D eigenvalue weighted by Gasteiger charge is -2.16. The maximum absolute atomic E-state index is 11.5. The Morgan fingerprint density at radius 2 is 1.59 bits per heavy atom. The van der Waals surface area contributed by atoms with Gasteiger partial charge in [-0.2, -0.15) is 0 Å². The Morgan fingerprint density at radius 1 is 0.941 bits per heavy atom. The molecule has 2 nitrogen and oxygen atoms in total. The molecule has 0 bridgehead atoms. The Morgan fingerprint density at radius 3 is 2.18 bits per heavy atom. The molecular weight excluding hydrogens is 212 g/mol. The molecule has 0 radical (unpaired) electrons. The van der Waals surface area contributed by atoms with Crippen LogP contribution >= 0.6 is 0 Å². The fourth-order valence-electron chi connectivity index (χ4n) is 1.89. The fourth-order valence-corrected chi connectivity index (χ4v) is 1.89. The summed E-state index contributed by atoms with van der Waals surface area (Å²) < 4.78 is 5.47. The quantitative estimate of drug-likeness (QED) is 0.382. The summed E-state index contributed by atoms with van der Waals surface area (Å²) in [4.78, 5) is 11.5. The molecule has 17 heavy (non-hydrogen) atoms. The number of hydrogen-bond donors (Lipinski definition) is 0. The highest BCUT2D eigenvalue weighted by molar-refractivity contribution is 5.69. The summed E-state index contributed by atoms with van der Waals surface area (Å²) in [6.07, 6.45) is 11.1. The van der Waals surface area contributed by atoms with Gasteiger partial charge in [0.2, 0.25) is 0 Å². The first kappa shape index (κ1) is 16.5. The summed E-state index contributed by atoms with van der Waals surface area (Å²) in [5.41, 5.74) is 0. The van der Waals surface area contributed by atoms with E-state index in [1.54, 1.807) is 0 Å². The van der Waals surface area contributed by atoms with E-state index in [0.717, 1.165) is 25.7 Å². The molecule has 0 heterocycles. The van der Waals surface area contributed by atoms with Gasteiger partial charge in [-0.3, -0.25) is 4.79 Å². The van der Waals surface area contributed by atoms with Crippen LogP contribution in [0.1, 0.15) is 85.0 Å². The number of ether oxygens (including phenoxy) is 1. The van der Waals surface area contributed by atoms with Gasteiger partial charge in [0.05, 0.1) is 0 Å². The second-order valence-electron chi connectivity index (χ2n) is 4.83. The molecule has 0 fully saturated rings. The van der Waals surface area contributed by atoms with E-state index in [9.17, 15) is 4.79 Å². The first-order valence-corrected chi connectivity index (χ1v) is 7.44. The van der Waals surface area contributed by atoms with Gasteiger partial charge in [-0.25, -0.2) is 0 Å². The number of esters is 1. The van der Waals surface area contributed by atoms with E-state index >= 15 is 0 Å². The molecule has 0 aromatic rings. The van der Waals surface area contributed by atoms with Gasteiger partial charge in [-0.05, 0) is 25.7 Å². The van der Waals surface area contributed by atoms with E-state index in [-0.39, 0.29) is 12.1 Å². The van der Waals surface area contributed by atoms with Crippen molar-refractivity contribution in [2.45, 2.75) is 91.1 Å². The van der Waals surface area contributed by atoms with Crippen LogP contribution in [0.4, 0.5) is 0 Å². The molecule has 0 aliphatic carbocycles. The second-order valence-corrected chi connectivity index (χ2v) is 4.83. The Hall–Kier alpha value is -0.530. The molecule has 0 aliphatic heterocycles. The van der Waals surface area contributed by atoms with E-state index in [2.05, 4.69) is 20.8 Å². The van der Waals surface area contributed by atoms with Crippen LogP contribution in [0.2, 0.25) is 0 Å². The summed E-state index contributed by atoms with van der Waals surface area (Å²) >= 11 is 0. The molecule has 102 valence electrons. The minimum absolute atomic E-state index is 0.00717. The fraction of sp³-hybridized carbons (Fsp3) is 0.933. The van der Waals surface area contributed by atoms with Crippen LogP contribution in [-0.2, 0) is 9.53 Å². The first-order chi connectivity index (χ1) is 8.24. The highest BCUT2D eigenvalue weighted by atomic mass is 16.5. The molecule has 0 amide bonds. The highest BCUT2D eigenvalue weighted by Crippen LogP contribution is 2.13. The predicted molar refractivity (Wildman–Crippen MR) is 73.1 cm³/mol. The third kappa shape index (κ3) is 10.3. The predicted octanol–water partition coefficient (Wildman–Crippen LogP) is 4.86. The SMILES string of the molecule is CCCCCCCC(CC)OC(=O)CCCC. The van der Waals surface area contributed by atoms with E-state index in [0.29, 0.717) is 6.42 Å². The summed E-state index contributed by atoms with van der Waals surface area (Å²) in [5.74, 6) is -0.00717. The topological polar surface area (TPSA) is 26.3 Å². The van der Waals surface area contributed by atoms with Crippen molar-refractivity contribution in [3.8, 4) is 0 Å². The zero-order valence-electron chi connectivity index (χ0n) is 12.0.